The van der Waals surface area contributed by atoms with Gasteiger partial charge < -0.3 is 9.80 Å². The molecule has 1 unspecified atom stereocenters. The zero-order valence-electron chi connectivity index (χ0n) is 18.9. The maximum Gasteiger partial charge on any atom is 0.259 e. The van der Waals surface area contributed by atoms with Crippen molar-refractivity contribution in [1.82, 2.24) is 9.97 Å². The van der Waals surface area contributed by atoms with Crippen LogP contribution in [0.15, 0.2) is 24.4 Å². The molecule has 1 saturated heterocycles. The van der Waals surface area contributed by atoms with Crippen LogP contribution in [0, 0.1) is 12.7 Å². The second kappa shape index (κ2) is 7.22. The summed E-state index contributed by atoms with van der Waals surface area (Å²) in [6.45, 7) is 9.68. The van der Waals surface area contributed by atoms with E-state index in [9.17, 15) is 14.0 Å². The molecule has 2 aromatic rings. The maximum absolute atomic E-state index is 14.5. The van der Waals surface area contributed by atoms with Crippen LogP contribution in [0.1, 0.15) is 73.1 Å². The van der Waals surface area contributed by atoms with Gasteiger partial charge >= 0.3 is 0 Å². The van der Waals surface area contributed by atoms with Gasteiger partial charge in [-0.1, -0.05) is 6.92 Å². The zero-order chi connectivity index (χ0) is 22.8. The zero-order valence-corrected chi connectivity index (χ0v) is 18.9. The van der Waals surface area contributed by atoms with E-state index in [2.05, 4.69) is 14.9 Å². The summed E-state index contributed by atoms with van der Waals surface area (Å²) >= 11 is 0. The third kappa shape index (κ3) is 3.14. The van der Waals surface area contributed by atoms with Crippen LogP contribution in [0.2, 0.25) is 0 Å². The van der Waals surface area contributed by atoms with Gasteiger partial charge in [-0.25, -0.2) is 14.4 Å². The van der Waals surface area contributed by atoms with Crippen molar-refractivity contribution < 1.29 is 14.0 Å². The van der Waals surface area contributed by atoms with Gasteiger partial charge in [0.1, 0.15) is 5.82 Å². The average Bonchev–Trinajstić information content (AvgIpc) is 3.34. The van der Waals surface area contributed by atoms with Crippen molar-refractivity contribution >= 4 is 28.9 Å². The molecule has 7 heteroatoms. The molecule has 5 rings (SSSR count). The van der Waals surface area contributed by atoms with Crippen molar-refractivity contribution in [3.05, 3.63) is 52.6 Å². The standard InChI is InChI=1S/C25H27FN4O2/c1-14-12-25(3,4)30-22-17(14)9-16(26)10-18(22)19(23(30)32)11-21(31)20-13-27-24(28-15(20)2)29-7-5-6-8-29/h9-11,13-14H,5-8,12H2,1-4H3/b19-11+. The van der Waals surface area contributed by atoms with Gasteiger partial charge in [0.2, 0.25) is 5.95 Å². The van der Waals surface area contributed by atoms with Gasteiger partial charge in [-0.05, 0) is 69.7 Å². The number of ketones is 1. The fraction of sp³-hybridized carbons (Fsp3) is 0.440. The van der Waals surface area contributed by atoms with Crippen LogP contribution >= 0.6 is 0 Å². The Morgan fingerprint density at radius 2 is 1.97 bits per heavy atom. The molecule has 0 saturated carbocycles. The summed E-state index contributed by atoms with van der Waals surface area (Å²) in [6, 6.07) is 2.88. The molecule has 1 atom stereocenters. The minimum atomic E-state index is -0.425. The molecule has 0 spiro atoms. The molecule has 0 aliphatic carbocycles. The number of rotatable bonds is 3. The third-order valence-corrected chi connectivity index (χ3v) is 6.89. The summed E-state index contributed by atoms with van der Waals surface area (Å²) in [5.74, 6) is -0.256. The fourth-order valence-electron chi connectivity index (χ4n) is 5.43. The Hall–Kier alpha value is -3.09. The second-order valence-electron chi connectivity index (χ2n) is 9.73. The van der Waals surface area contributed by atoms with E-state index in [0.29, 0.717) is 22.8 Å². The van der Waals surface area contributed by atoms with Gasteiger partial charge in [0, 0.05) is 30.4 Å². The number of hydrogen-bond donors (Lipinski definition) is 0. The minimum Gasteiger partial charge on any atom is -0.341 e. The van der Waals surface area contributed by atoms with E-state index in [1.807, 2.05) is 20.8 Å². The number of aryl methyl sites for hydroxylation is 1. The van der Waals surface area contributed by atoms with Crippen LogP contribution < -0.4 is 9.80 Å². The van der Waals surface area contributed by atoms with Crippen LogP contribution in [0.3, 0.4) is 0 Å². The SMILES string of the molecule is Cc1nc(N2CCCC2)ncc1C(=O)/C=C1/C(=O)N2c3c1cc(F)cc3C(C)CC2(C)C. The van der Waals surface area contributed by atoms with Crippen molar-refractivity contribution in [1.29, 1.82) is 0 Å². The molecule has 3 aliphatic heterocycles. The van der Waals surface area contributed by atoms with E-state index in [-0.39, 0.29) is 23.2 Å². The molecular formula is C25H27FN4O2. The van der Waals surface area contributed by atoms with Crippen LogP contribution in [0.25, 0.3) is 5.57 Å². The summed E-state index contributed by atoms with van der Waals surface area (Å²) in [5, 5.41) is 0. The lowest BCUT2D eigenvalue weighted by molar-refractivity contribution is -0.114. The lowest BCUT2D eigenvalue weighted by atomic mass is 9.80. The molecule has 1 aromatic carbocycles. The van der Waals surface area contributed by atoms with E-state index in [1.165, 1.54) is 24.4 Å². The first-order chi connectivity index (χ1) is 15.2. The smallest absolute Gasteiger partial charge is 0.259 e. The number of hydrogen-bond acceptors (Lipinski definition) is 5. The molecule has 6 nitrogen and oxygen atoms in total. The van der Waals surface area contributed by atoms with Crippen molar-refractivity contribution in [2.24, 2.45) is 0 Å². The molecule has 4 heterocycles. The highest BCUT2D eigenvalue weighted by Crippen LogP contribution is 2.51. The summed E-state index contributed by atoms with van der Waals surface area (Å²) < 4.78 is 14.5. The second-order valence-corrected chi connectivity index (χ2v) is 9.73. The Morgan fingerprint density at radius 3 is 2.66 bits per heavy atom. The van der Waals surface area contributed by atoms with E-state index in [4.69, 9.17) is 0 Å². The monoisotopic (exact) mass is 434 g/mol. The van der Waals surface area contributed by atoms with E-state index in [0.717, 1.165) is 43.6 Å². The Balaban J connectivity index is 1.56. The molecule has 1 aromatic heterocycles. The highest BCUT2D eigenvalue weighted by Gasteiger charge is 2.47. The van der Waals surface area contributed by atoms with E-state index >= 15 is 0 Å². The Bertz CT molecular complexity index is 1180. The highest BCUT2D eigenvalue weighted by atomic mass is 19.1. The van der Waals surface area contributed by atoms with Crippen LogP contribution in [0.4, 0.5) is 16.0 Å². The summed E-state index contributed by atoms with van der Waals surface area (Å²) in [4.78, 5) is 39.4. The van der Waals surface area contributed by atoms with Crippen LogP contribution in [0.5, 0.6) is 0 Å². The predicted molar refractivity (Wildman–Crippen MR) is 122 cm³/mol. The van der Waals surface area contributed by atoms with Crippen LogP contribution in [-0.2, 0) is 4.79 Å². The molecule has 1 fully saturated rings. The number of amides is 1. The van der Waals surface area contributed by atoms with Gasteiger partial charge in [0.05, 0.1) is 22.5 Å². The highest BCUT2D eigenvalue weighted by molar-refractivity contribution is 6.36. The Morgan fingerprint density at radius 1 is 1.25 bits per heavy atom. The molecule has 3 aliphatic rings. The van der Waals surface area contributed by atoms with Gasteiger partial charge in [0.15, 0.2) is 5.78 Å². The average molecular weight is 435 g/mol. The van der Waals surface area contributed by atoms with Crippen molar-refractivity contribution in [2.45, 2.75) is 58.4 Å². The maximum atomic E-state index is 14.5. The first kappa shape index (κ1) is 20.8. The number of carbonyl (C=O) groups is 2. The summed E-state index contributed by atoms with van der Waals surface area (Å²) in [7, 11) is 0. The van der Waals surface area contributed by atoms with Gasteiger partial charge in [-0.3, -0.25) is 9.59 Å². The van der Waals surface area contributed by atoms with Gasteiger partial charge in [-0.2, -0.15) is 0 Å². The first-order valence-corrected chi connectivity index (χ1v) is 11.2. The third-order valence-electron chi connectivity index (χ3n) is 6.89. The normalized spacial score (nSPS) is 22.6. The number of halogens is 1. The fourth-order valence-corrected chi connectivity index (χ4v) is 5.43. The number of aromatic nitrogens is 2. The topological polar surface area (TPSA) is 66.4 Å². The van der Waals surface area contributed by atoms with E-state index < -0.39 is 11.4 Å². The lowest BCUT2D eigenvalue weighted by Gasteiger charge is -2.43. The molecule has 0 N–H and O–H groups in total. The van der Waals surface area contributed by atoms with Crippen molar-refractivity contribution in [2.75, 3.05) is 22.9 Å². The van der Waals surface area contributed by atoms with E-state index in [1.54, 1.807) is 11.8 Å². The number of allylic oxidation sites excluding steroid dienone is 1. The van der Waals surface area contributed by atoms with Crippen molar-refractivity contribution in [3.8, 4) is 0 Å². The molecule has 1 amide bonds. The Labute approximate surface area is 187 Å². The van der Waals surface area contributed by atoms with Crippen LogP contribution in [-0.4, -0.2) is 40.3 Å². The summed E-state index contributed by atoms with van der Waals surface area (Å²) in [5.41, 5.74) is 2.78. The molecular weight excluding hydrogens is 407 g/mol. The Kier molecular flexibility index (Phi) is 4.69. The lowest BCUT2D eigenvalue weighted by Crippen LogP contribution is -2.49. The molecule has 166 valence electrons. The predicted octanol–water partition coefficient (Wildman–Crippen LogP) is 4.42. The first-order valence-electron chi connectivity index (χ1n) is 11.2. The largest absolute Gasteiger partial charge is 0.341 e. The van der Waals surface area contributed by atoms with Gasteiger partial charge in [-0.15, -0.1) is 0 Å². The molecule has 0 radical (unpaired) electrons. The minimum absolute atomic E-state index is 0.113. The number of anilines is 2. The summed E-state index contributed by atoms with van der Waals surface area (Å²) in [6.07, 6.45) is 5.81. The quantitative estimate of drug-likeness (QED) is 0.528. The molecule has 32 heavy (non-hydrogen) atoms. The number of nitrogens with zero attached hydrogens (tertiary/aromatic N) is 4. The number of benzene rings is 1. The van der Waals surface area contributed by atoms with Crippen molar-refractivity contribution in [3.63, 3.8) is 0 Å². The number of carbonyl (C=O) groups excluding carboxylic acids is 2. The van der Waals surface area contributed by atoms with Gasteiger partial charge in [0.25, 0.3) is 5.91 Å². The molecule has 0 bridgehead atoms.